The average Bonchev–Trinajstić information content (AvgIpc) is 2.27. The van der Waals surface area contributed by atoms with Gasteiger partial charge in [0.25, 0.3) is 0 Å². The van der Waals surface area contributed by atoms with E-state index in [1.165, 1.54) is 0 Å². The number of pyridine rings is 1. The van der Waals surface area contributed by atoms with Crippen molar-refractivity contribution in [2.45, 2.75) is 25.8 Å². The van der Waals surface area contributed by atoms with Gasteiger partial charge in [0.1, 0.15) is 6.04 Å². The number of rotatable bonds is 4. The van der Waals surface area contributed by atoms with Crippen molar-refractivity contribution in [1.29, 1.82) is 5.26 Å². The van der Waals surface area contributed by atoms with E-state index in [1.54, 1.807) is 24.5 Å². The highest BCUT2D eigenvalue weighted by atomic mass is 16.1. The van der Waals surface area contributed by atoms with Crippen LogP contribution in [-0.2, 0) is 4.79 Å². The normalized spacial score (nSPS) is 11.5. The summed E-state index contributed by atoms with van der Waals surface area (Å²) in [7, 11) is 0. The van der Waals surface area contributed by atoms with Gasteiger partial charge in [-0.15, -0.1) is 0 Å². The highest BCUT2D eigenvalue weighted by Crippen LogP contribution is 2.09. The molecule has 4 nitrogen and oxygen atoms in total. The van der Waals surface area contributed by atoms with Crippen LogP contribution in [0.25, 0.3) is 0 Å². The third kappa shape index (κ3) is 3.39. The van der Waals surface area contributed by atoms with Crippen LogP contribution in [0.2, 0.25) is 0 Å². The lowest BCUT2D eigenvalue weighted by atomic mass is 10.1. The number of nitriles is 1. The van der Waals surface area contributed by atoms with Gasteiger partial charge >= 0.3 is 0 Å². The maximum absolute atomic E-state index is 11.3. The van der Waals surface area contributed by atoms with Crippen molar-refractivity contribution in [1.82, 2.24) is 10.3 Å². The quantitative estimate of drug-likeness (QED) is 0.807. The van der Waals surface area contributed by atoms with Gasteiger partial charge in [-0.05, 0) is 12.5 Å². The van der Waals surface area contributed by atoms with Gasteiger partial charge in [0, 0.05) is 24.4 Å². The second kappa shape index (κ2) is 5.76. The van der Waals surface area contributed by atoms with Crippen molar-refractivity contribution in [3.63, 3.8) is 0 Å². The van der Waals surface area contributed by atoms with Crippen LogP contribution < -0.4 is 5.32 Å². The Morgan fingerprint density at radius 3 is 3.07 bits per heavy atom. The minimum atomic E-state index is -0.599. The van der Waals surface area contributed by atoms with Crippen LogP contribution >= 0.6 is 0 Å². The standard InChI is InChI=1S/C11H13N3O/c1-2-4-11(15)14-10(7-12)9-5-3-6-13-8-9/h3,5-6,8,10H,2,4H2,1H3,(H,14,15). The van der Waals surface area contributed by atoms with Crippen molar-refractivity contribution in [2.24, 2.45) is 0 Å². The smallest absolute Gasteiger partial charge is 0.221 e. The predicted octanol–water partition coefficient (Wildman–Crippen LogP) is 1.56. The molecule has 0 saturated carbocycles. The summed E-state index contributed by atoms with van der Waals surface area (Å²) in [5.74, 6) is -0.104. The average molecular weight is 203 g/mol. The Labute approximate surface area is 88.9 Å². The van der Waals surface area contributed by atoms with E-state index in [0.717, 1.165) is 6.42 Å². The van der Waals surface area contributed by atoms with Gasteiger partial charge < -0.3 is 5.32 Å². The van der Waals surface area contributed by atoms with Gasteiger partial charge in [-0.3, -0.25) is 9.78 Å². The van der Waals surface area contributed by atoms with E-state index in [2.05, 4.69) is 10.3 Å². The van der Waals surface area contributed by atoms with Gasteiger partial charge in [-0.1, -0.05) is 13.0 Å². The fraction of sp³-hybridized carbons (Fsp3) is 0.364. The molecule has 1 aromatic rings. The van der Waals surface area contributed by atoms with Crippen molar-refractivity contribution in [3.8, 4) is 6.07 Å². The lowest BCUT2D eigenvalue weighted by Gasteiger charge is -2.10. The molecule has 0 aliphatic carbocycles. The van der Waals surface area contributed by atoms with Gasteiger partial charge in [0.2, 0.25) is 5.91 Å². The van der Waals surface area contributed by atoms with Crippen LogP contribution in [-0.4, -0.2) is 10.9 Å². The molecule has 0 aromatic carbocycles. The summed E-state index contributed by atoms with van der Waals surface area (Å²) in [6.45, 7) is 1.92. The van der Waals surface area contributed by atoms with Crippen LogP contribution in [0.1, 0.15) is 31.4 Å². The lowest BCUT2D eigenvalue weighted by Crippen LogP contribution is -2.27. The Kier molecular flexibility index (Phi) is 4.30. The molecule has 78 valence electrons. The molecule has 4 heteroatoms. The van der Waals surface area contributed by atoms with E-state index in [0.29, 0.717) is 12.0 Å². The highest BCUT2D eigenvalue weighted by Gasteiger charge is 2.12. The van der Waals surface area contributed by atoms with Crippen LogP contribution in [0.5, 0.6) is 0 Å². The van der Waals surface area contributed by atoms with E-state index in [4.69, 9.17) is 5.26 Å². The number of hydrogen-bond acceptors (Lipinski definition) is 3. The summed E-state index contributed by atoms with van der Waals surface area (Å²) in [5, 5.41) is 11.5. The lowest BCUT2D eigenvalue weighted by molar-refractivity contribution is -0.121. The first-order valence-corrected chi connectivity index (χ1v) is 4.86. The molecule has 1 rings (SSSR count). The fourth-order valence-electron chi connectivity index (χ4n) is 1.20. The van der Waals surface area contributed by atoms with E-state index in [1.807, 2.05) is 13.0 Å². The molecule has 15 heavy (non-hydrogen) atoms. The molecule has 1 atom stereocenters. The Balaban J connectivity index is 2.66. The molecule has 0 radical (unpaired) electrons. The van der Waals surface area contributed by atoms with Crippen LogP contribution in [0, 0.1) is 11.3 Å². The Hall–Kier alpha value is -1.89. The Morgan fingerprint density at radius 1 is 1.73 bits per heavy atom. The largest absolute Gasteiger partial charge is 0.337 e. The minimum Gasteiger partial charge on any atom is -0.337 e. The topological polar surface area (TPSA) is 65.8 Å². The SMILES string of the molecule is CCCC(=O)NC(C#N)c1cccnc1. The van der Waals surface area contributed by atoms with Crippen LogP contribution in [0.3, 0.4) is 0 Å². The molecule has 1 amide bonds. The minimum absolute atomic E-state index is 0.104. The molecule has 0 aliphatic heterocycles. The molecule has 1 aromatic heterocycles. The van der Waals surface area contributed by atoms with E-state index < -0.39 is 6.04 Å². The van der Waals surface area contributed by atoms with Gasteiger partial charge in [-0.2, -0.15) is 5.26 Å². The number of hydrogen-bond donors (Lipinski definition) is 1. The summed E-state index contributed by atoms with van der Waals surface area (Å²) in [5.41, 5.74) is 0.712. The number of nitrogens with zero attached hydrogens (tertiary/aromatic N) is 2. The second-order valence-corrected chi connectivity index (χ2v) is 3.17. The van der Waals surface area contributed by atoms with Crippen molar-refractivity contribution >= 4 is 5.91 Å². The highest BCUT2D eigenvalue weighted by molar-refractivity contribution is 5.76. The Bertz CT molecular complexity index is 356. The first kappa shape index (κ1) is 11.2. The van der Waals surface area contributed by atoms with E-state index in [-0.39, 0.29) is 5.91 Å². The molecule has 0 fully saturated rings. The first-order chi connectivity index (χ1) is 7.27. The maximum atomic E-state index is 11.3. The van der Waals surface area contributed by atoms with Crippen molar-refractivity contribution < 1.29 is 4.79 Å². The van der Waals surface area contributed by atoms with Crippen molar-refractivity contribution in [3.05, 3.63) is 30.1 Å². The third-order valence-corrected chi connectivity index (χ3v) is 1.93. The second-order valence-electron chi connectivity index (χ2n) is 3.17. The molecule has 1 unspecified atom stereocenters. The third-order valence-electron chi connectivity index (χ3n) is 1.93. The number of carbonyl (C=O) groups is 1. The summed E-state index contributed by atoms with van der Waals surface area (Å²) in [6, 6.07) is 4.95. The fourth-order valence-corrected chi connectivity index (χ4v) is 1.20. The molecule has 1 N–H and O–H groups in total. The zero-order valence-corrected chi connectivity index (χ0v) is 8.60. The van der Waals surface area contributed by atoms with Crippen molar-refractivity contribution in [2.75, 3.05) is 0 Å². The summed E-state index contributed by atoms with van der Waals surface area (Å²) < 4.78 is 0. The number of amides is 1. The van der Waals surface area contributed by atoms with Gasteiger partial charge in [0.15, 0.2) is 0 Å². The molecular weight excluding hydrogens is 190 g/mol. The molecule has 0 spiro atoms. The molecule has 0 bridgehead atoms. The first-order valence-electron chi connectivity index (χ1n) is 4.86. The number of nitrogens with one attached hydrogen (secondary N) is 1. The zero-order valence-electron chi connectivity index (χ0n) is 8.60. The van der Waals surface area contributed by atoms with Gasteiger partial charge in [0.05, 0.1) is 6.07 Å². The number of carbonyl (C=O) groups excluding carboxylic acids is 1. The van der Waals surface area contributed by atoms with E-state index >= 15 is 0 Å². The number of aromatic nitrogens is 1. The van der Waals surface area contributed by atoms with Gasteiger partial charge in [-0.25, -0.2) is 0 Å². The molecule has 0 aliphatic rings. The zero-order chi connectivity index (χ0) is 11.1. The van der Waals surface area contributed by atoms with Crippen LogP contribution in [0.4, 0.5) is 0 Å². The maximum Gasteiger partial charge on any atom is 0.221 e. The van der Waals surface area contributed by atoms with E-state index in [9.17, 15) is 4.79 Å². The Morgan fingerprint density at radius 2 is 2.53 bits per heavy atom. The molecular formula is C11H13N3O. The summed E-state index contributed by atoms with van der Waals surface area (Å²) >= 11 is 0. The summed E-state index contributed by atoms with van der Waals surface area (Å²) in [4.78, 5) is 15.2. The molecule has 0 saturated heterocycles. The molecule has 1 heterocycles. The predicted molar refractivity (Wildman–Crippen MR) is 55.6 cm³/mol. The summed E-state index contributed by atoms with van der Waals surface area (Å²) in [6.07, 6.45) is 4.43. The monoisotopic (exact) mass is 203 g/mol. The van der Waals surface area contributed by atoms with Crippen LogP contribution in [0.15, 0.2) is 24.5 Å².